The van der Waals surface area contributed by atoms with E-state index < -0.39 is 0 Å². The van der Waals surface area contributed by atoms with Gasteiger partial charge >= 0.3 is 0 Å². The third-order valence-corrected chi connectivity index (χ3v) is 3.37. The van der Waals surface area contributed by atoms with Crippen LogP contribution in [-0.4, -0.2) is 37.9 Å². The van der Waals surface area contributed by atoms with Crippen molar-refractivity contribution in [2.45, 2.75) is 20.3 Å². The molecule has 1 aromatic rings. The highest BCUT2D eigenvalue weighted by molar-refractivity contribution is 6.42. The largest absolute Gasteiger partial charge is 0.372 e. The van der Waals surface area contributed by atoms with Crippen LogP contribution in [0.25, 0.3) is 0 Å². The molecule has 2 N–H and O–H groups in total. The standard InChI is InChI=1S/C15H22N4O/c1-3-19(4-2)13-8-6-12(7-9-13)18-15(20)14-16-10-5-11-17-14/h6-9H,3-5,10-11H2,1-2H3,(H,16,17)(H,18,20). The van der Waals surface area contributed by atoms with E-state index in [4.69, 9.17) is 0 Å². The van der Waals surface area contributed by atoms with Crippen molar-refractivity contribution in [1.29, 1.82) is 0 Å². The molecule has 2 rings (SSSR count). The second kappa shape index (κ2) is 6.93. The third-order valence-electron chi connectivity index (χ3n) is 3.37. The number of aliphatic imine (C=N–C) groups is 1. The topological polar surface area (TPSA) is 56.7 Å². The van der Waals surface area contributed by atoms with Crippen LogP contribution in [0, 0.1) is 0 Å². The lowest BCUT2D eigenvalue weighted by Crippen LogP contribution is -2.39. The van der Waals surface area contributed by atoms with Crippen molar-refractivity contribution in [2.24, 2.45) is 4.99 Å². The summed E-state index contributed by atoms with van der Waals surface area (Å²) in [5.74, 6) is 0.268. The number of amides is 1. The molecule has 1 aromatic carbocycles. The summed E-state index contributed by atoms with van der Waals surface area (Å²) >= 11 is 0. The minimum atomic E-state index is -0.166. The summed E-state index contributed by atoms with van der Waals surface area (Å²) in [6.07, 6.45) is 0.981. The molecule has 1 aliphatic heterocycles. The lowest BCUT2D eigenvalue weighted by atomic mass is 10.2. The van der Waals surface area contributed by atoms with Gasteiger partial charge in [0.1, 0.15) is 0 Å². The Morgan fingerprint density at radius 3 is 2.55 bits per heavy atom. The van der Waals surface area contributed by atoms with Crippen molar-refractivity contribution in [2.75, 3.05) is 36.4 Å². The van der Waals surface area contributed by atoms with Gasteiger partial charge in [0.25, 0.3) is 5.91 Å². The van der Waals surface area contributed by atoms with E-state index in [0.29, 0.717) is 5.84 Å². The van der Waals surface area contributed by atoms with Gasteiger partial charge in [-0.2, -0.15) is 0 Å². The van der Waals surface area contributed by atoms with E-state index >= 15 is 0 Å². The molecule has 0 fully saturated rings. The van der Waals surface area contributed by atoms with Gasteiger partial charge in [-0.25, -0.2) is 0 Å². The van der Waals surface area contributed by atoms with E-state index in [0.717, 1.165) is 38.3 Å². The molecule has 0 saturated heterocycles. The third kappa shape index (κ3) is 3.50. The lowest BCUT2D eigenvalue weighted by Gasteiger charge is -2.21. The molecular formula is C15H22N4O. The maximum absolute atomic E-state index is 12.0. The molecule has 1 amide bonds. The summed E-state index contributed by atoms with van der Waals surface area (Å²) in [5, 5.41) is 5.88. The number of nitrogens with one attached hydrogen (secondary N) is 2. The predicted octanol–water partition coefficient (Wildman–Crippen LogP) is 1.86. The van der Waals surface area contributed by atoms with Gasteiger partial charge in [-0.3, -0.25) is 9.79 Å². The van der Waals surface area contributed by atoms with Crippen LogP contribution < -0.4 is 15.5 Å². The monoisotopic (exact) mass is 274 g/mol. The number of carbonyl (C=O) groups excluding carboxylic acids is 1. The Bertz CT molecular complexity index is 477. The maximum Gasteiger partial charge on any atom is 0.290 e. The first-order valence-corrected chi connectivity index (χ1v) is 7.19. The molecule has 0 saturated carbocycles. The Kier molecular flexibility index (Phi) is 4.98. The van der Waals surface area contributed by atoms with Gasteiger partial charge in [-0.05, 0) is 44.5 Å². The van der Waals surface area contributed by atoms with Gasteiger partial charge in [-0.1, -0.05) is 0 Å². The fourth-order valence-electron chi connectivity index (χ4n) is 2.22. The predicted molar refractivity (Wildman–Crippen MR) is 83.6 cm³/mol. The van der Waals surface area contributed by atoms with E-state index in [-0.39, 0.29) is 5.91 Å². The Hall–Kier alpha value is -2.04. The number of anilines is 2. The lowest BCUT2D eigenvalue weighted by molar-refractivity contribution is -0.110. The number of hydrogen-bond donors (Lipinski definition) is 2. The smallest absolute Gasteiger partial charge is 0.290 e. The van der Waals surface area contributed by atoms with E-state index in [1.165, 1.54) is 5.69 Å². The van der Waals surface area contributed by atoms with Crippen molar-refractivity contribution in [3.8, 4) is 0 Å². The van der Waals surface area contributed by atoms with Crippen LogP contribution in [0.2, 0.25) is 0 Å². The fraction of sp³-hybridized carbons (Fsp3) is 0.467. The molecule has 0 aliphatic carbocycles. The average Bonchev–Trinajstić information content (AvgIpc) is 2.51. The zero-order chi connectivity index (χ0) is 14.4. The van der Waals surface area contributed by atoms with Crippen LogP contribution in [-0.2, 0) is 4.79 Å². The van der Waals surface area contributed by atoms with Crippen LogP contribution in [0.4, 0.5) is 11.4 Å². The van der Waals surface area contributed by atoms with Crippen LogP contribution in [0.5, 0.6) is 0 Å². The van der Waals surface area contributed by atoms with Crippen LogP contribution >= 0.6 is 0 Å². The minimum absolute atomic E-state index is 0.166. The summed E-state index contributed by atoms with van der Waals surface area (Å²) in [6.45, 7) is 7.74. The van der Waals surface area contributed by atoms with E-state index in [1.54, 1.807) is 0 Å². The number of nitrogens with zero attached hydrogens (tertiary/aromatic N) is 2. The number of hydrogen-bond acceptors (Lipinski definition) is 4. The second-order valence-corrected chi connectivity index (χ2v) is 4.68. The summed E-state index contributed by atoms with van der Waals surface area (Å²) < 4.78 is 0. The minimum Gasteiger partial charge on any atom is -0.372 e. The number of carbonyl (C=O) groups is 1. The van der Waals surface area contributed by atoms with Crippen LogP contribution in [0.1, 0.15) is 20.3 Å². The van der Waals surface area contributed by atoms with Crippen molar-refractivity contribution < 1.29 is 4.79 Å². The van der Waals surface area contributed by atoms with Gasteiger partial charge in [0.2, 0.25) is 0 Å². The molecule has 5 heteroatoms. The van der Waals surface area contributed by atoms with Gasteiger partial charge in [0.05, 0.1) is 0 Å². The Labute approximate surface area is 120 Å². The quantitative estimate of drug-likeness (QED) is 0.861. The summed E-state index contributed by atoms with van der Waals surface area (Å²) in [4.78, 5) is 18.4. The molecule has 1 aliphatic rings. The summed E-state index contributed by atoms with van der Waals surface area (Å²) in [7, 11) is 0. The van der Waals surface area contributed by atoms with Crippen molar-refractivity contribution in [1.82, 2.24) is 5.32 Å². The first-order chi connectivity index (χ1) is 9.74. The molecule has 0 aromatic heterocycles. The van der Waals surface area contributed by atoms with E-state index in [1.807, 2.05) is 24.3 Å². The van der Waals surface area contributed by atoms with Crippen molar-refractivity contribution in [3.63, 3.8) is 0 Å². The molecule has 0 spiro atoms. The van der Waals surface area contributed by atoms with Crippen molar-refractivity contribution in [3.05, 3.63) is 24.3 Å². The highest BCUT2D eigenvalue weighted by Gasteiger charge is 2.13. The fourth-order valence-corrected chi connectivity index (χ4v) is 2.22. The molecule has 0 atom stereocenters. The Balaban J connectivity index is 2.00. The maximum atomic E-state index is 12.0. The van der Waals surface area contributed by atoms with Crippen LogP contribution in [0.3, 0.4) is 0 Å². The number of amidine groups is 1. The first-order valence-electron chi connectivity index (χ1n) is 7.19. The highest BCUT2D eigenvalue weighted by Crippen LogP contribution is 2.17. The molecule has 0 radical (unpaired) electrons. The van der Waals surface area contributed by atoms with E-state index in [2.05, 4.69) is 34.4 Å². The van der Waals surface area contributed by atoms with Gasteiger partial charge < -0.3 is 15.5 Å². The van der Waals surface area contributed by atoms with Gasteiger partial charge in [-0.15, -0.1) is 0 Å². The molecule has 1 heterocycles. The SMILES string of the molecule is CCN(CC)c1ccc(NC(=O)C2=NCCCN2)cc1. The summed E-state index contributed by atoms with van der Waals surface area (Å²) in [6, 6.07) is 7.90. The van der Waals surface area contributed by atoms with Crippen molar-refractivity contribution >= 4 is 23.1 Å². The summed E-state index contributed by atoms with van der Waals surface area (Å²) in [5.41, 5.74) is 1.96. The van der Waals surface area contributed by atoms with Crippen LogP contribution in [0.15, 0.2) is 29.3 Å². The zero-order valence-electron chi connectivity index (χ0n) is 12.1. The number of benzene rings is 1. The Morgan fingerprint density at radius 1 is 1.30 bits per heavy atom. The zero-order valence-corrected chi connectivity index (χ0v) is 12.1. The molecule has 0 bridgehead atoms. The van der Waals surface area contributed by atoms with Gasteiger partial charge in [0.15, 0.2) is 5.84 Å². The Morgan fingerprint density at radius 2 is 2.00 bits per heavy atom. The average molecular weight is 274 g/mol. The number of rotatable bonds is 5. The molecular weight excluding hydrogens is 252 g/mol. The molecule has 108 valence electrons. The highest BCUT2D eigenvalue weighted by atomic mass is 16.2. The molecule has 5 nitrogen and oxygen atoms in total. The molecule has 0 unspecified atom stereocenters. The second-order valence-electron chi connectivity index (χ2n) is 4.68. The van der Waals surface area contributed by atoms with E-state index in [9.17, 15) is 4.79 Å². The molecule has 20 heavy (non-hydrogen) atoms. The normalized spacial score (nSPS) is 14.2. The van der Waals surface area contributed by atoms with Gasteiger partial charge in [0, 0.05) is 37.6 Å². The first kappa shape index (κ1) is 14.4.